The van der Waals surface area contributed by atoms with Crippen LogP contribution in [-0.4, -0.2) is 51.3 Å². The van der Waals surface area contributed by atoms with Crippen LogP contribution in [0, 0.1) is 24.0 Å². The first-order valence-corrected chi connectivity index (χ1v) is 12.2. The van der Waals surface area contributed by atoms with Gasteiger partial charge < -0.3 is 14.2 Å². The lowest BCUT2D eigenvalue weighted by Crippen LogP contribution is -2.49. The van der Waals surface area contributed by atoms with Gasteiger partial charge in [-0.15, -0.1) is 0 Å². The molecule has 0 N–H and O–H groups in total. The fraction of sp³-hybridized carbons (Fsp3) is 0.286. The van der Waals surface area contributed by atoms with Gasteiger partial charge in [0.05, 0.1) is 10.6 Å². The standard InChI is InChI=1S/C28H29N5O3/c1-20-6-3-4-8-24(20)25(26-19-29-28-21(2)7-5-13-32(26)28)18-27(34)31-16-14-30(15-17-31)22-9-11-23(12-10-22)33(35)36/h3-13,19,25H,14-18H2,1-2H3. The first-order chi connectivity index (χ1) is 17.4. The molecule has 4 aromatic rings. The Kier molecular flexibility index (Phi) is 6.41. The predicted molar refractivity (Wildman–Crippen MR) is 139 cm³/mol. The first-order valence-electron chi connectivity index (χ1n) is 12.2. The van der Waals surface area contributed by atoms with Gasteiger partial charge in [0.1, 0.15) is 5.65 Å². The molecule has 2 aromatic carbocycles. The number of aryl methyl sites for hydroxylation is 2. The minimum Gasteiger partial charge on any atom is -0.368 e. The van der Waals surface area contributed by atoms with E-state index in [4.69, 9.17) is 0 Å². The third kappa shape index (κ3) is 4.54. The molecule has 3 heterocycles. The summed E-state index contributed by atoms with van der Waals surface area (Å²) in [5, 5.41) is 10.9. The van der Waals surface area contributed by atoms with E-state index in [2.05, 4.69) is 33.3 Å². The van der Waals surface area contributed by atoms with Gasteiger partial charge in [-0.05, 0) is 48.7 Å². The maximum absolute atomic E-state index is 13.6. The fourth-order valence-electron chi connectivity index (χ4n) is 5.08. The van der Waals surface area contributed by atoms with Crippen molar-refractivity contribution in [3.63, 3.8) is 0 Å². The third-order valence-corrected chi connectivity index (χ3v) is 7.12. The van der Waals surface area contributed by atoms with Crippen molar-refractivity contribution in [2.45, 2.75) is 26.2 Å². The van der Waals surface area contributed by atoms with Gasteiger partial charge in [-0.2, -0.15) is 0 Å². The molecule has 1 aliphatic heterocycles. The summed E-state index contributed by atoms with van der Waals surface area (Å²) in [5.74, 6) is 0.0115. The highest BCUT2D eigenvalue weighted by molar-refractivity contribution is 5.78. The average molecular weight is 484 g/mol. The lowest BCUT2D eigenvalue weighted by molar-refractivity contribution is -0.384. The normalized spacial score (nSPS) is 14.7. The van der Waals surface area contributed by atoms with Crippen molar-refractivity contribution in [1.29, 1.82) is 0 Å². The number of nitrogens with zero attached hydrogens (tertiary/aromatic N) is 5. The molecule has 0 radical (unpaired) electrons. The molecule has 8 nitrogen and oxygen atoms in total. The van der Waals surface area contributed by atoms with Crippen molar-refractivity contribution in [3.8, 4) is 0 Å². The number of rotatable bonds is 6. The van der Waals surface area contributed by atoms with Crippen LogP contribution in [0.2, 0.25) is 0 Å². The third-order valence-electron chi connectivity index (χ3n) is 7.12. The van der Waals surface area contributed by atoms with Crippen LogP contribution in [-0.2, 0) is 4.79 Å². The van der Waals surface area contributed by atoms with Crippen molar-refractivity contribution in [2.24, 2.45) is 0 Å². The van der Waals surface area contributed by atoms with Crippen LogP contribution in [0.3, 0.4) is 0 Å². The Balaban J connectivity index is 1.34. The highest BCUT2D eigenvalue weighted by atomic mass is 16.6. The van der Waals surface area contributed by atoms with Gasteiger partial charge >= 0.3 is 0 Å². The summed E-state index contributed by atoms with van der Waals surface area (Å²) in [6.07, 6.45) is 4.28. The van der Waals surface area contributed by atoms with Crippen LogP contribution in [0.1, 0.15) is 34.7 Å². The van der Waals surface area contributed by atoms with E-state index in [0.29, 0.717) is 32.6 Å². The number of aromatic nitrogens is 2. The molecule has 1 atom stereocenters. The van der Waals surface area contributed by atoms with E-state index in [9.17, 15) is 14.9 Å². The Hall–Kier alpha value is -4.20. The van der Waals surface area contributed by atoms with Crippen molar-refractivity contribution in [3.05, 3.63) is 106 Å². The van der Waals surface area contributed by atoms with Gasteiger partial charge in [-0.25, -0.2) is 4.98 Å². The molecule has 184 valence electrons. The molecule has 0 spiro atoms. The molecule has 36 heavy (non-hydrogen) atoms. The number of anilines is 1. The number of pyridine rings is 1. The molecule has 5 rings (SSSR count). The predicted octanol–water partition coefficient (Wildman–Crippen LogP) is 4.73. The molecular weight excluding hydrogens is 454 g/mol. The second kappa shape index (κ2) is 9.81. The highest BCUT2D eigenvalue weighted by Crippen LogP contribution is 2.32. The number of piperazine rings is 1. The summed E-state index contributed by atoms with van der Waals surface area (Å²) in [5.41, 5.74) is 6.33. The minimum atomic E-state index is -0.393. The number of fused-ring (bicyclic) bond motifs is 1. The van der Waals surface area contributed by atoms with Gasteiger partial charge in [0.25, 0.3) is 5.69 Å². The molecule has 0 aliphatic carbocycles. The van der Waals surface area contributed by atoms with E-state index in [1.54, 1.807) is 12.1 Å². The second-order valence-electron chi connectivity index (χ2n) is 9.32. The number of carbonyl (C=O) groups excluding carboxylic acids is 1. The number of hydrogen-bond acceptors (Lipinski definition) is 5. The molecule has 1 unspecified atom stereocenters. The summed E-state index contributed by atoms with van der Waals surface area (Å²) in [4.78, 5) is 32.9. The number of non-ortho nitro benzene ring substituents is 1. The lowest BCUT2D eigenvalue weighted by Gasteiger charge is -2.36. The smallest absolute Gasteiger partial charge is 0.269 e. The van der Waals surface area contributed by atoms with Crippen LogP contribution in [0.4, 0.5) is 11.4 Å². The van der Waals surface area contributed by atoms with Crippen molar-refractivity contribution in [2.75, 3.05) is 31.1 Å². The number of hydrogen-bond donors (Lipinski definition) is 0. The van der Waals surface area contributed by atoms with Crippen molar-refractivity contribution >= 4 is 22.9 Å². The van der Waals surface area contributed by atoms with Crippen LogP contribution in [0.15, 0.2) is 73.1 Å². The average Bonchev–Trinajstić information content (AvgIpc) is 3.33. The summed E-state index contributed by atoms with van der Waals surface area (Å²) in [6.45, 7) is 6.74. The molecular formula is C28H29N5O3. The van der Waals surface area contributed by atoms with E-state index in [1.807, 2.05) is 48.5 Å². The van der Waals surface area contributed by atoms with E-state index < -0.39 is 4.92 Å². The van der Waals surface area contributed by atoms with Gasteiger partial charge in [-0.1, -0.05) is 30.3 Å². The monoisotopic (exact) mass is 483 g/mol. The van der Waals surface area contributed by atoms with E-state index in [1.165, 1.54) is 12.1 Å². The maximum Gasteiger partial charge on any atom is 0.269 e. The topological polar surface area (TPSA) is 84.0 Å². The quantitative estimate of drug-likeness (QED) is 0.292. The van der Waals surface area contributed by atoms with E-state index in [0.717, 1.165) is 33.7 Å². The fourth-order valence-corrected chi connectivity index (χ4v) is 5.08. The number of amides is 1. The van der Waals surface area contributed by atoms with Gasteiger partial charge in [0.15, 0.2) is 0 Å². The number of carbonyl (C=O) groups is 1. The van der Waals surface area contributed by atoms with Crippen LogP contribution >= 0.6 is 0 Å². The zero-order valence-corrected chi connectivity index (χ0v) is 20.5. The molecule has 2 aromatic heterocycles. The molecule has 1 fully saturated rings. The summed E-state index contributed by atoms with van der Waals surface area (Å²) in [6, 6.07) is 18.9. The number of nitro benzene ring substituents is 1. The number of imidazole rings is 1. The Bertz CT molecular complexity index is 1400. The van der Waals surface area contributed by atoms with Gasteiger partial charge in [-0.3, -0.25) is 14.9 Å². The molecule has 0 saturated carbocycles. The lowest BCUT2D eigenvalue weighted by atomic mass is 9.89. The van der Waals surface area contributed by atoms with E-state index in [-0.39, 0.29) is 17.5 Å². The number of benzene rings is 2. The van der Waals surface area contributed by atoms with Crippen LogP contribution in [0.5, 0.6) is 0 Å². The Morgan fingerprint density at radius 2 is 1.67 bits per heavy atom. The molecule has 1 saturated heterocycles. The number of nitro groups is 1. The minimum absolute atomic E-state index is 0.0809. The van der Waals surface area contributed by atoms with Crippen molar-refractivity contribution < 1.29 is 9.72 Å². The zero-order valence-electron chi connectivity index (χ0n) is 20.5. The SMILES string of the molecule is Cc1ccccc1C(CC(=O)N1CCN(c2ccc([N+](=O)[O-])cc2)CC1)c1cnc2c(C)cccn12. The highest BCUT2D eigenvalue weighted by Gasteiger charge is 2.28. The molecule has 8 heteroatoms. The molecule has 0 bridgehead atoms. The van der Waals surface area contributed by atoms with Gasteiger partial charge in [0.2, 0.25) is 5.91 Å². The second-order valence-corrected chi connectivity index (χ2v) is 9.32. The first kappa shape index (κ1) is 23.5. The maximum atomic E-state index is 13.6. The van der Waals surface area contributed by atoms with Gasteiger partial charge in [0, 0.05) is 68.7 Å². The molecule has 1 aliphatic rings. The Morgan fingerprint density at radius 1 is 0.972 bits per heavy atom. The summed E-state index contributed by atoms with van der Waals surface area (Å²) < 4.78 is 2.10. The molecule has 1 amide bonds. The van der Waals surface area contributed by atoms with Crippen LogP contribution in [0.25, 0.3) is 5.65 Å². The summed E-state index contributed by atoms with van der Waals surface area (Å²) in [7, 11) is 0. The van der Waals surface area contributed by atoms with Crippen molar-refractivity contribution in [1.82, 2.24) is 14.3 Å². The Morgan fingerprint density at radius 3 is 2.36 bits per heavy atom. The summed E-state index contributed by atoms with van der Waals surface area (Å²) >= 11 is 0. The zero-order chi connectivity index (χ0) is 25.2. The van der Waals surface area contributed by atoms with E-state index >= 15 is 0 Å². The largest absolute Gasteiger partial charge is 0.368 e. The van der Waals surface area contributed by atoms with Crippen LogP contribution < -0.4 is 4.90 Å². The Labute approximate surface area is 209 Å².